The predicted octanol–water partition coefficient (Wildman–Crippen LogP) is 1.20. The van der Waals surface area contributed by atoms with Crippen LogP contribution in [0.1, 0.15) is 23.7 Å². The summed E-state index contributed by atoms with van der Waals surface area (Å²) in [6.07, 6.45) is 1.46. The molecule has 2 atom stereocenters. The van der Waals surface area contributed by atoms with E-state index in [-0.39, 0.29) is 24.4 Å². The molecule has 0 saturated carbocycles. The van der Waals surface area contributed by atoms with Gasteiger partial charge < -0.3 is 15.4 Å². The molecule has 1 aromatic carbocycles. The molecule has 2 unspecified atom stereocenters. The number of benzene rings is 1. The maximum absolute atomic E-state index is 12.3. The molecule has 104 valence electrons. The van der Waals surface area contributed by atoms with Crippen molar-refractivity contribution in [1.82, 2.24) is 10.6 Å². The SMILES string of the molecule is Cl.O=C(NC1CCNC1)C1OCCc2ccccc21. The van der Waals surface area contributed by atoms with Crippen LogP contribution in [0, 0.1) is 0 Å². The number of hydrogen-bond donors (Lipinski definition) is 2. The van der Waals surface area contributed by atoms with Crippen LogP contribution in [-0.2, 0) is 16.0 Å². The number of rotatable bonds is 2. The van der Waals surface area contributed by atoms with Crippen LogP contribution >= 0.6 is 12.4 Å². The Labute approximate surface area is 119 Å². The van der Waals surface area contributed by atoms with Crippen molar-refractivity contribution in [3.05, 3.63) is 35.4 Å². The molecule has 1 fully saturated rings. The lowest BCUT2D eigenvalue weighted by atomic mass is 9.97. The summed E-state index contributed by atoms with van der Waals surface area (Å²) >= 11 is 0. The zero-order chi connectivity index (χ0) is 12.4. The van der Waals surface area contributed by atoms with Crippen molar-refractivity contribution in [2.45, 2.75) is 25.0 Å². The third kappa shape index (κ3) is 3.08. The van der Waals surface area contributed by atoms with Gasteiger partial charge in [0.15, 0.2) is 6.10 Å². The first-order chi connectivity index (χ1) is 8.84. The van der Waals surface area contributed by atoms with E-state index in [2.05, 4.69) is 16.7 Å². The van der Waals surface area contributed by atoms with Gasteiger partial charge in [-0.3, -0.25) is 4.79 Å². The number of hydrogen-bond acceptors (Lipinski definition) is 3. The third-order valence-electron chi connectivity index (χ3n) is 3.64. The average Bonchev–Trinajstić information content (AvgIpc) is 2.91. The fourth-order valence-electron chi connectivity index (χ4n) is 2.67. The molecule has 3 rings (SSSR count). The Morgan fingerprint density at radius 1 is 1.37 bits per heavy atom. The van der Waals surface area contributed by atoms with E-state index in [0.717, 1.165) is 31.5 Å². The molecule has 1 aromatic rings. The van der Waals surface area contributed by atoms with Crippen molar-refractivity contribution >= 4 is 18.3 Å². The second kappa shape index (κ2) is 6.37. The Bertz CT molecular complexity index is 447. The molecule has 19 heavy (non-hydrogen) atoms. The summed E-state index contributed by atoms with van der Waals surface area (Å²) in [7, 11) is 0. The number of ether oxygens (including phenoxy) is 1. The molecule has 2 heterocycles. The first-order valence-electron chi connectivity index (χ1n) is 6.55. The fraction of sp³-hybridized carbons (Fsp3) is 0.500. The van der Waals surface area contributed by atoms with E-state index in [1.165, 1.54) is 5.56 Å². The van der Waals surface area contributed by atoms with E-state index >= 15 is 0 Å². The van der Waals surface area contributed by atoms with Gasteiger partial charge >= 0.3 is 0 Å². The van der Waals surface area contributed by atoms with E-state index in [9.17, 15) is 4.79 Å². The van der Waals surface area contributed by atoms with Gasteiger partial charge in [-0.25, -0.2) is 0 Å². The maximum Gasteiger partial charge on any atom is 0.254 e. The number of amides is 1. The van der Waals surface area contributed by atoms with E-state index in [0.29, 0.717) is 6.61 Å². The van der Waals surface area contributed by atoms with Crippen LogP contribution in [0.15, 0.2) is 24.3 Å². The average molecular weight is 283 g/mol. The molecule has 5 heteroatoms. The van der Waals surface area contributed by atoms with Gasteiger partial charge in [0.2, 0.25) is 0 Å². The molecule has 1 saturated heterocycles. The Balaban J connectivity index is 0.00000133. The summed E-state index contributed by atoms with van der Waals surface area (Å²) in [5, 5.41) is 6.31. The zero-order valence-corrected chi connectivity index (χ0v) is 11.5. The monoisotopic (exact) mass is 282 g/mol. The number of halogens is 1. The lowest BCUT2D eigenvalue weighted by molar-refractivity contribution is -0.134. The minimum Gasteiger partial charge on any atom is -0.363 e. The van der Waals surface area contributed by atoms with Crippen LogP contribution in [0.3, 0.4) is 0 Å². The standard InChI is InChI=1S/C14H18N2O2.ClH/c17-14(16-11-5-7-15-9-11)13-12-4-2-1-3-10(12)6-8-18-13;/h1-4,11,13,15H,5-9H2,(H,16,17);1H. The van der Waals surface area contributed by atoms with Crippen molar-refractivity contribution in [3.63, 3.8) is 0 Å². The first kappa shape index (κ1) is 14.3. The first-order valence-corrected chi connectivity index (χ1v) is 6.55. The molecular weight excluding hydrogens is 264 g/mol. The Morgan fingerprint density at radius 2 is 2.21 bits per heavy atom. The van der Waals surface area contributed by atoms with Gasteiger partial charge in [0, 0.05) is 12.6 Å². The second-order valence-electron chi connectivity index (χ2n) is 4.90. The molecule has 0 radical (unpaired) electrons. The highest BCUT2D eigenvalue weighted by Crippen LogP contribution is 2.27. The molecule has 0 bridgehead atoms. The third-order valence-corrected chi connectivity index (χ3v) is 3.64. The molecule has 0 aliphatic carbocycles. The summed E-state index contributed by atoms with van der Waals surface area (Å²) in [6.45, 7) is 2.46. The largest absolute Gasteiger partial charge is 0.363 e. The van der Waals surface area contributed by atoms with Crippen molar-refractivity contribution in [1.29, 1.82) is 0 Å². The minimum atomic E-state index is -0.435. The van der Waals surface area contributed by atoms with E-state index in [1.807, 2.05) is 18.2 Å². The lowest BCUT2D eigenvalue weighted by Crippen LogP contribution is -2.41. The van der Waals surface area contributed by atoms with Gasteiger partial charge in [-0.2, -0.15) is 0 Å². The molecule has 2 N–H and O–H groups in total. The van der Waals surface area contributed by atoms with Crippen LogP contribution in [-0.4, -0.2) is 31.6 Å². The molecule has 2 aliphatic rings. The number of carbonyl (C=O) groups is 1. The highest BCUT2D eigenvalue weighted by atomic mass is 35.5. The molecular formula is C14H19ClN2O2. The topological polar surface area (TPSA) is 50.4 Å². The van der Waals surface area contributed by atoms with Crippen molar-refractivity contribution in [3.8, 4) is 0 Å². The Kier molecular flexibility index (Phi) is 4.80. The van der Waals surface area contributed by atoms with Crippen LogP contribution in [0.2, 0.25) is 0 Å². The van der Waals surface area contributed by atoms with Gasteiger partial charge in [0.25, 0.3) is 5.91 Å². The van der Waals surface area contributed by atoms with Crippen LogP contribution in [0.25, 0.3) is 0 Å². The van der Waals surface area contributed by atoms with Crippen molar-refractivity contribution < 1.29 is 9.53 Å². The van der Waals surface area contributed by atoms with Crippen LogP contribution in [0.4, 0.5) is 0 Å². The van der Waals surface area contributed by atoms with E-state index < -0.39 is 6.10 Å². The van der Waals surface area contributed by atoms with Gasteiger partial charge in [-0.05, 0) is 30.5 Å². The molecule has 0 spiro atoms. The van der Waals surface area contributed by atoms with Crippen LogP contribution in [0.5, 0.6) is 0 Å². The number of fused-ring (bicyclic) bond motifs is 1. The van der Waals surface area contributed by atoms with Gasteiger partial charge in [0.1, 0.15) is 0 Å². The van der Waals surface area contributed by atoms with Crippen LogP contribution < -0.4 is 10.6 Å². The van der Waals surface area contributed by atoms with Gasteiger partial charge in [-0.1, -0.05) is 24.3 Å². The molecule has 4 nitrogen and oxygen atoms in total. The Morgan fingerprint density at radius 3 is 3.00 bits per heavy atom. The summed E-state index contributed by atoms with van der Waals surface area (Å²) in [5.41, 5.74) is 2.25. The summed E-state index contributed by atoms with van der Waals surface area (Å²) in [6, 6.07) is 8.29. The fourth-order valence-corrected chi connectivity index (χ4v) is 2.67. The van der Waals surface area contributed by atoms with E-state index in [4.69, 9.17) is 4.74 Å². The van der Waals surface area contributed by atoms with Gasteiger partial charge in [-0.15, -0.1) is 12.4 Å². The molecule has 1 amide bonds. The highest BCUT2D eigenvalue weighted by molar-refractivity contribution is 5.85. The predicted molar refractivity (Wildman–Crippen MR) is 75.5 cm³/mol. The second-order valence-corrected chi connectivity index (χ2v) is 4.90. The number of nitrogens with one attached hydrogen (secondary N) is 2. The summed E-state index contributed by atoms with van der Waals surface area (Å²) in [5.74, 6) is -0.00384. The Hall–Kier alpha value is -1.10. The maximum atomic E-state index is 12.3. The minimum absolute atomic E-state index is 0. The summed E-state index contributed by atoms with van der Waals surface area (Å²) in [4.78, 5) is 12.3. The molecule has 0 aromatic heterocycles. The van der Waals surface area contributed by atoms with Gasteiger partial charge in [0.05, 0.1) is 6.61 Å². The number of carbonyl (C=O) groups excluding carboxylic acids is 1. The van der Waals surface area contributed by atoms with Crippen molar-refractivity contribution in [2.75, 3.05) is 19.7 Å². The lowest BCUT2D eigenvalue weighted by Gasteiger charge is -2.26. The normalized spacial score (nSPS) is 25.3. The zero-order valence-electron chi connectivity index (χ0n) is 10.7. The molecule has 2 aliphatic heterocycles. The smallest absolute Gasteiger partial charge is 0.254 e. The quantitative estimate of drug-likeness (QED) is 0.857. The highest BCUT2D eigenvalue weighted by Gasteiger charge is 2.29. The van der Waals surface area contributed by atoms with Crippen molar-refractivity contribution in [2.24, 2.45) is 0 Å². The summed E-state index contributed by atoms with van der Waals surface area (Å²) < 4.78 is 5.64. The van der Waals surface area contributed by atoms with E-state index in [1.54, 1.807) is 0 Å².